The van der Waals surface area contributed by atoms with Crippen LogP contribution in [0.4, 0.5) is 5.69 Å². The van der Waals surface area contributed by atoms with Crippen LogP contribution in [0.3, 0.4) is 0 Å². The molecule has 6 nitrogen and oxygen atoms in total. The van der Waals surface area contributed by atoms with Gasteiger partial charge in [-0.25, -0.2) is 0 Å². The molecule has 1 aromatic heterocycles. The van der Waals surface area contributed by atoms with E-state index in [0.29, 0.717) is 18.8 Å². The molecule has 1 heterocycles. The normalized spacial score (nSPS) is 10.1. The number of amides is 1. The van der Waals surface area contributed by atoms with E-state index in [0.717, 1.165) is 12.1 Å². The molecule has 0 unspecified atom stereocenters. The molecule has 0 saturated heterocycles. The van der Waals surface area contributed by atoms with Crippen LogP contribution in [-0.2, 0) is 9.53 Å². The first-order valence-corrected chi connectivity index (χ1v) is 7.07. The van der Waals surface area contributed by atoms with Crippen LogP contribution in [0.2, 0.25) is 0 Å². The van der Waals surface area contributed by atoms with Gasteiger partial charge in [-0.1, -0.05) is 6.92 Å². The first kappa shape index (κ1) is 16.9. The second-order valence-electron chi connectivity index (χ2n) is 4.83. The number of carbonyl (C=O) groups excluding carboxylic acids is 2. The number of hydrogen-bond donors (Lipinski definition) is 0. The van der Waals surface area contributed by atoms with Crippen LogP contribution in [0.25, 0.3) is 0 Å². The van der Waals surface area contributed by atoms with Crippen LogP contribution >= 0.6 is 0 Å². The molecule has 0 aliphatic carbocycles. The summed E-state index contributed by atoms with van der Waals surface area (Å²) < 4.78 is 4.98. The average molecular weight is 293 g/mol. The predicted octanol–water partition coefficient (Wildman–Crippen LogP) is 1.56. The summed E-state index contributed by atoms with van der Waals surface area (Å²) in [4.78, 5) is 31.1. The third kappa shape index (κ3) is 5.06. The number of rotatable bonds is 7. The molecule has 0 aromatic carbocycles. The summed E-state index contributed by atoms with van der Waals surface area (Å²) in [5.41, 5.74) is 1.16. The van der Waals surface area contributed by atoms with Crippen molar-refractivity contribution in [3.05, 3.63) is 24.0 Å². The summed E-state index contributed by atoms with van der Waals surface area (Å²) >= 11 is 0. The molecule has 0 aliphatic rings. The largest absolute Gasteiger partial charge is 0.465 e. The Kier molecular flexibility index (Phi) is 6.65. The monoisotopic (exact) mass is 293 g/mol. The van der Waals surface area contributed by atoms with E-state index >= 15 is 0 Å². The van der Waals surface area contributed by atoms with Crippen molar-refractivity contribution in [1.29, 1.82) is 0 Å². The lowest BCUT2D eigenvalue weighted by atomic mass is 10.2. The first-order valence-electron chi connectivity index (χ1n) is 7.07. The highest BCUT2D eigenvalue weighted by atomic mass is 16.5. The summed E-state index contributed by atoms with van der Waals surface area (Å²) in [5.74, 6) is -0.437. The SMILES string of the molecule is CCCN(CC(=O)OCC)c1ccnc(C(=O)N(C)C)c1. The lowest BCUT2D eigenvalue weighted by molar-refractivity contribution is -0.141. The Hall–Kier alpha value is -2.11. The highest BCUT2D eigenvalue weighted by molar-refractivity contribution is 5.93. The maximum atomic E-state index is 12.0. The molecule has 0 aliphatic heterocycles. The minimum atomic E-state index is -0.275. The van der Waals surface area contributed by atoms with Gasteiger partial charge in [0, 0.05) is 32.5 Å². The molecule has 0 N–H and O–H groups in total. The van der Waals surface area contributed by atoms with Crippen LogP contribution in [0.15, 0.2) is 18.3 Å². The number of esters is 1. The zero-order valence-corrected chi connectivity index (χ0v) is 13.1. The van der Waals surface area contributed by atoms with E-state index in [1.54, 1.807) is 39.3 Å². The van der Waals surface area contributed by atoms with E-state index in [2.05, 4.69) is 4.98 Å². The maximum Gasteiger partial charge on any atom is 0.325 e. The van der Waals surface area contributed by atoms with Crippen LogP contribution in [0.1, 0.15) is 30.8 Å². The molecular weight excluding hydrogens is 270 g/mol. The van der Waals surface area contributed by atoms with E-state index in [4.69, 9.17) is 4.74 Å². The third-order valence-corrected chi connectivity index (χ3v) is 2.85. The Balaban J connectivity index is 2.95. The smallest absolute Gasteiger partial charge is 0.325 e. The van der Waals surface area contributed by atoms with E-state index < -0.39 is 0 Å². The van der Waals surface area contributed by atoms with Crippen LogP contribution < -0.4 is 4.90 Å². The molecule has 1 aromatic rings. The fourth-order valence-corrected chi connectivity index (χ4v) is 1.89. The number of aromatic nitrogens is 1. The Morgan fingerprint density at radius 1 is 1.29 bits per heavy atom. The molecule has 0 spiro atoms. The number of pyridine rings is 1. The molecule has 0 atom stereocenters. The lowest BCUT2D eigenvalue weighted by Gasteiger charge is -2.23. The van der Waals surface area contributed by atoms with Crippen molar-refractivity contribution in [3.63, 3.8) is 0 Å². The molecule has 116 valence electrons. The highest BCUT2D eigenvalue weighted by Gasteiger charge is 2.15. The van der Waals surface area contributed by atoms with Gasteiger partial charge >= 0.3 is 5.97 Å². The van der Waals surface area contributed by atoms with Crippen molar-refractivity contribution in [3.8, 4) is 0 Å². The molecule has 1 rings (SSSR count). The van der Waals surface area contributed by atoms with Crippen molar-refractivity contribution >= 4 is 17.6 Å². The first-order chi connectivity index (χ1) is 9.99. The van der Waals surface area contributed by atoms with E-state index in [9.17, 15) is 9.59 Å². The summed E-state index contributed by atoms with van der Waals surface area (Å²) in [7, 11) is 3.36. The van der Waals surface area contributed by atoms with Crippen molar-refractivity contribution < 1.29 is 14.3 Å². The van der Waals surface area contributed by atoms with E-state index in [1.807, 2.05) is 11.8 Å². The quantitative estimate of drug-likeness (QED) is 0.714. The Labute approximate surface area is 125 Å². The molecule has 0 saturated carbocycles. The Morgan fingerprint density at radius 3 is 2.57 bits per heavy atom. The Bertz CT molecular complexity index is 489. The standard InChI is InChI=1S/C15H23N3O3/c1-5-9-18(11-14(19)21-6-2)12-7-8-16-13(10-12)15(20)17(3)4/h7-8,10H,5-6,9,11H2,1-4H3. The van der Waals surface area contributed by atoms with Gasteiger partial charge in [0.25, 0.3) is 5.91 Å². The molecule has 0 radical (unpaired) electrons. The van der Waals surface area contributed by atoms with Gasteiger partial charge in [0.2, 0.25) is 0 Å². The summed E-state index contributed by atoms with van der Waals surface area (Å²) in [6.07, 6.45) is 2.47. The minimum absolute atomic E-state index is 0.163. The summed E-state index contributed by atoms with van der Waals surface area (Å²) in [6, 6.07) is 3.50. The zero-order valence-electron chi connectivity index (χ0n) is 13.1. The molecule has 0 bridgehead atoms. The molecular formula is C15H23N3O3. The number of anilines is 1. The van der Waals surface area contributed by atoms with Gasteiger partial charge in [-0.15, -0.1) is 0 Å². The molecule has 0 fully saturated rings. The number of hydrogen-bond acceptors (Lipinski definition) is 5. The van der Waals surface area contributed by atoms with Gasteiger partial charge < -0.3 is 14.5 Å². The average Bonchev–Trinajstić information content (AvgIpc) is 2.46. The molecule has 6 heteroatoms. The van der Waals surface area contributed by atoms with E-state index in [1.165, 1.54) is 4.90 Å². The van der Waals surface area contributed by atoms with Gasteiger partial charge in [-0.05, 0) is 25.5 Å². The summed E-state index contributed by atoms with van der Waals surface area (Å²) in [5, 5.41) is 0. The second kappa shape index (κ2) is 8.24. The maximum absolute atomic E-state index is 12.0. The fraction of sp³-hybridized carbons (Fsp3) is 0.533. The van der Waals surface area contributed by atoms with Gasteiger partial charge in [-0.3, -0.25) is 14.6 Å². The van der Waals surface area contributed by atoms with Gasteiger partial charge in [-0.2, -0.15) is 0 Å². The Morgan fingerprint density at radius 2 is 2.00 bits per heavy atom. The van der Waals surface area contributed by atoms with Gasteiger partial charge in [0.15, 0.2) is 0 Å². The van der Waals surface area contributed by atoms with E-state index in [-0.39, 0.29) is 18.4 Å². The van der Waals surface area contributed by atoms with Crippen LogP contribution in [-0.4, -0.2) is 55.6 Å². The highest BCUT2D eigenvalue weighted by Crippen LogP contribution is 2.16. The minimum Gasteiger partial charge on any atom is -0.465 e. The number of nitrogens with zero attached hydrogens (tertiary/aromatic N) is 3. The van der Waals surface area contributed by atoms with Crippen molar-refractivity contribution in [2.75, 3.05) is 38.7 Å². The van der Waals surface area contributed by atoms with Gasteiger partial charge in [0.1, 0.15) is 12.2 Å². The van der Waals surface area contributed by atoms with Crippen LogP contribution in [0.5, 0.6) is 0 Å². The van der Waals surface area contributed by atoms with Crippen LogP contribution in [0, 0.1) is 0 Å². The second-order valence-corrected chi connectivity index (χ2v) is 4.83. The number of carbonyl (C=O) groups is 2. The summed E-state index contributed by atoms with van der Waals surface area (Å²) in [6.45, 7) is 5.05. The van der Waals surface area contributed by atoms with Crippen molar-refractivity contribution in [2.24, 2.45) is 0 Å². The van der Waals surface area contributed by atoms with Crippen molar-refractivity contribution in [1.82, 2.24) is 9.88 Å². The topological polar surface area (TPSA) is 62.7 Å². The predicted molar refractivity (Wildman–Crippen MR) is 81.4 cm³/mol. The van der Waals surface area contributed by atoms with Gasteiger partial charge in [0.05, 0.1) is 6.61 Å². The fourth-order valence-electron chi connectivity index (χ4n) is 1.89. The molecule has 1 amide bonds. The van der Waals surface area contributed by atoms with Crippen molar-refractivity contribution in [2.45, 2.75) is 20.3 Å². The number of ether oxygens (including phenoxy) is 1. The third-order valence-electron chi connectivity index (χ3n) is 2.85. The zero-order chi connectivity index (χ0) is 15.8. The lowest BCUT2D eigenvalue weighted by Crippen LogP contribution is -2.32. The molecule has 21 heavy (non-hydrogen) atoms.